The van der Waals surface area contributed by atoms with Gasteiger partial charge in [0.25, 0.3) is 5.91 Å². The van der Waals surface area contributed by atoms with E-state index in [2.05, 4.69) is 37.1 Å². The molecular formula is C22H23BrN4O5. The molecule has 1 saturated heterocycles. The number of benzene rings is 2. The van der Waals surface area contributed by atoms with E-state index in [1.165, 1.54) is 6.21 Å². The summed E-state index contributed by atoms with van der Waals surface area (Å²) in [5, 5.41) is 9.04. The number of hydrogen-bond donors (Lipinski definition) is 3. The van der Waals surface area contributed by atoms with Crippen LogP contribution in [-0.4, -0.2) is 49.8 Å². The number of carbonyl (C=O) groups is 3. The Morgan fingerprint density at radius 1 is 1.16 bits per heavy atom. The number of carbonyl (C=O) groups excluding carboxylic acids is 3. The first-order chi connectivity index (χ1) is 15.5. The van der Waals surface area contributed by atoms with E-state index < -0.39 is 11.8 Å². The second kappa shape index (κ2) is 12.0. The Morgan fingerprint density at radius 2 is 1.97 bits per heavy atom. The molecule has 3 N–H and O–H groups in total. The van der Waals surface area contributed by atoms with Crippen molar-refractivity contribution in [2.24, 2.45) is 5.10 Å². The van der Waals surface area contributed by atoms with Crippen LogP contribution in [0.15, 0.2) is 58.1 Å². The molecule has 1 atom stereocenters. The summed E-state index contributed by atoms with van der Waals surface area (Å²) < 4.78 is 11.7. The van der Waals surface area contributed by atoms with Gasteiger partial charge in [0.1, 0.15) is 5.75 Å². The molecule has 1 aliphatic heterocycles. The fraction of sp³-hybridized carbons (Fsp3) is 0.273. The maximum atomic E-state index is 11.9. The van der Waals surface area contributed by atoms with Crippen LogP contribution in [0.2, 0.25) is 0 Å². The lowest BCUT2D eigenvalue weighted by Crippen LogP contribution is -2.35. The first-order valence-electron chi connectivity index (χ1n) is 10.0. The van der Waals surface area contributed by atoms with Gasteiger partial charge in [-0.15, -0.1) is 0 Å². The molecular weight excluding hydrogens is 480 g/mol. The van der Waals surface area contributed by atoms with Crippen molar-refractivity contribution >= 4 is 45.6 Å². The van der Waals surface area contributed by atoms with Gasteiger partial charge in [-0.3, -0.25) is 14.4 Å². The molecule has 0 aliphatic carbocycles. The molecule has 168 valence electrons. The number of nitrogens with one attached hydrogen (secondary N) is 3. The van der Waals surface area contributed by atoms with Crippen LogP contribution < -0.4 is 20.8 Å². The number of hydrazone groups is 1. The molecule has 2 aromatic rings. The van der Waals surface area contributed by atoms with E-state index in [-0.39, 0.29) is 18.6 Å². The number of nitrogens with zero attached hydrogens (tertiary/aromatic N) is 1. The van der Waals surface area contributed by atoms with Gasteiger partial charge in [-0.25, -0.2) is 5.43 Å². The summed E-state index contributed by atoms with van der Waals surface area (Å²) in [6.07, 6.45) is 3.46. The highest BCUT2D eigenvalue weighted by Gasteiger charge is 2.16. The smallest absolute Gasteiger partial charge is 0.329 e. The molecule has 1 heterocycles. The summed E-state index contributed by atoms with van der Waals surface area (Å²) in [7, 11) is 0. The van der Waals surface area contributed by atoms with Gasteiger partial charge in [-0.1, -0.05) is 22.0 Å². The Kier molecular flexibility index (Phi) is 8.76. The topological polar surface area (TPSA) is 118 Å². The largest absolute Gasteiger partial charge is 0.484 e. The summed E-state index contributed by atoms with van der Waals surface area (Å²) in [5.41, 5.74) is 3.33. The highest BCUT2D eigenvalue weighted by atomic mass is 79.9. The lowest BCUT2D eigenvalue weighted by molar-refractivity contribution is -0.136. The Balaban J connectivity index is 1.38. The van der Waals surface area contributed by atoms with Crippen molar-refractivity contribution in [3.63, 3.8) is 0 Å². The van der Waals surface area contributed by atoms with E-state index in [9.17, 15) is 14.4 Å². The van der Waals surface area contributed by atoms with Crippen molar-refractivity contribution in [3.8, 4) is 5.75 Å². The maximum Gasteiger partial charge on any atom is 0.329 e. The van der Waals surface area contributed by atoms with Gasteiger partial charge in [0.05, 0.1) is 12.3 Å². The van der Waals surface area contributed by atoms with Crippen LogP contribution in [-0.2, 0) is 19.1 Å². The molecule has 1 fully saturated rings. The van der Waals surface area contributed by atoms with Gasteiger partial charge in [-0.2, -0.15) is 5.10 Å². The molecule has 1 aliphatic rings. The number of anilines is 1. The predicted octanol–water partition coefficient (Wildman–Crippen LogP) is 2.21. The molecule has 2 aromatic carbocycles. The highest BCUT2D eigenvalue weighted by molar-refractivity contribution is 9.10. The van der Waals surface area contributed by atoms with Crippen molar-refractivity contribution < 1.29 is 23.9 Å². The van der Waals surface area contributed by atoms with E-state index >= 15 is 0 Å². The second-order valence-electron chi connectivity index (χ2n) is 6.96. The van der Waals surface area contributed by atoms with Crippen LogP contribution >= 0.6 is 15.9 Å². The third-order valence-electron chi connectivity index (χ3n) is 4.47. The first-order valence-corrected chi connectivity index (χ1v) is 10.8. The Hall–Kier alpha value is -3.24. The Morgan fingerprint density at radius 3 is 2.69 bits per heavy atom. The van der Waals surface area contributed by atoms with Crippen molar-refractivity contribution in [1.29, 1.82) is 0 Å². The maximum absolute atomic E-state index is 11.9. The van der Waals surface area contributed by atoms with Gasteiger partial charge in [0.2, 0.25) is 0 Å². The minimum Gasteiger partial charge on any atom is -0.484 e. The molecule has 0 aromatic heterocycles. The van der Waals surface area contributed by atoms with E-state index in [1.807, 2.05) is 0 Å². The molecule has 9 nitrogen and oxygen atoms in total. The monoisotopic (exact) mass is 502 g/mol. The van der Waals surface area contributed by atoms with Gasteiger partial charge in [-0.05, 0) is 60.9 Å². The lowest BCUT2D eigenvalue weighted by Gasteiger charge is -2.11. The first kappa shape index (κ1) is 23.4. The normalized spacial score (nSPS) is 15.3. The van der Waals surface area contributed by atoms with E-state index in [1.54, 1.807) is 48.5 Å². The average molecular weight is 503 g/mol. The molecule has 0 unspecified atom stereocenters. The number of rotatable bonds is 8. The van der Waals surface area contributed by atoms with Crippen molar-refractivity contribution in [3.05, 3.63) is 58.6 Å². The van der Waals surface area contributed by atoms with Crippen LogP contribution in [0.25, 0.3) is 0 Å². The van der Waals surface area contributed by atoms with Crippen LogP contribution in [0, 0.1) is 0 Å². The standard InChI is InChI=1S/C22H23BrN4O5/c23-16-3-1-4-17(11-16)26-21(29)22(30)27-25-12-15-6-8-18(9-7-15)32-14-20(28)24-13-19-5-2-10-31-19/h1,3-4,6-9,11-12,19H,2,5,10,13-14H2,(H,24,28)(H,26,29)(H,27,30)/b25-12-/t19-/m1/s1. The Labute approximate surface area is 193 Å². The third-order valence-corrected chi connectivity index (χ3v) is 4.96. The van der Waals surface area contributed by atoms with Gasteiger partial charge < -0.3 is 20.1 Å². The number of amides is 3. The second-order valence-corrected chi connectivity index (χ2v) is 7.88. The van der Waals surface area contributed by atoms with Crippen molar-refractivity contribution in [1.82, 2.24) is 10.7 Å². The molecule has 0 saturated carbocycles. The number of halogens is 1. The molecule has 3 rings (SSSR count). The molecule has 3 amide bonds. The predicted molar refractivity (Wildman–Crippen MR) is 122 cm³/mol. The average Bonchev–Trinajstić information content (AvgIpc) is 3.31. The quantitative estimate of drug-likeness (QED) is 0.290. The molecule has 0 bridgehead atoms. The fourth-order valence-electron chi connectivity index (χ4n) is 2.85. The summed E-state index contributed by atoms with van der Waals surface area (Å²) >= 11 is 3.29. The van der Waals surface area contributed by atoms with Crippen molar-refractivity contribution in [2.75, 3.05) is 25.1 Å². The van der Waals surface area contributed by atoms with Gasteiger partial charge in [0, 0.05) is 23.3 Å². The van der Waals surface area contributed by atoms with Crippen molar-refractivity contribution in [2.45, 2.75) is 18.9 Å². The highest BCUT2D eigenvalue weighted by Crippen LogP contribution is 2.15. The van der Waals surface area contributed by atoms with Crippen LogP contribution in [0.3, 0.4) is 0 Å². The van der Waals surface area contributed by atoms with Crippen LogP contribution in [0.5, 0.6) is 5.75 Å². The third kappa shape index (κ3) is 7.78. The lowest BCUT2D eigenvalue weighted by atomic mass is 10.2. The van der Waals surface area contributed by atoms with Crippen LogP contribution in [0.4, 0.5) is 5.69 Å². The Bertz CT molecular complexity index is 975. The molecule has 10 heteroatoms. The summed E-state index contributed by atoms with van der Waals surface area (Å²) in [4.78, 5) is 35.6. The van der Waals surface area contributed by atoms with E-state index in [0.29, 0.717) is 23.5 Å². The number of hydrogen-bond acceptors (Lipinski definition) is 6. The van der Waals surface area contributed by atoms with Gasteiger partial charge in [0.15, 0.2) is 6.61 Å². The summed E-state index contributed by atoms with van der Waals surface area (Å²) in [5.74, 6) is -1.42. The zero-order valence-electron chi connectivity index (χ0n) is 17.2. The molecule has 32 heavy (non-hydrogen) atoms. The zero-order valence-corrected chi connectivity index (χ0v) is 18.8. The summed E-state index contributed by atoms with van der Waals surface area (Å²) in [6.45, 7) is 1.14. The minimum atomic E-state index is -0.893. The SMILES string of the molecule is O=C(COc1ccc(/C=N\NC(=O)C(=O)Nc2cccc(Br)c2)cc1)NC[C@H]1CCCO1. The van der Waals surface area contributed by atoms with E-state index in [4.69, 9.17) is 9.47 Å². The zero-order chi connectivity index (χ0) is 22.8. The van der Waals surface area contributed by atoms with Crippen LogP contribution in [0.1, 0.15) is 18.4 Å². The van der Waals surface area contributed by atoms with E-state index in [0.717, 1.165) is 23.9 Å². The minimum absolute atomic E-state index is 0.0876. The summed E-state index contributed by atoms with van der Waals surface area (Å²) in [6, 6.07) is 13.6. The number of ether oxygens (including phenoxy) is 2. The van der Waals surface area contributed by atoms with Gasteiger partial charge >= 0.3 is 11.8 Å². The fourth-order valence-corrected chi connectivity index (χ4v) is 3.25. The molecule has 0 spiro atoms. The molecule has 0 radical (unpaired) electrons.